The van der Waals surface area contributed by atoms with E-state index in [1.54, 1.807) is 21.9 Å². The van der Waals surface area contributed by atoms with Gasteiger partial charge in [0.2, 0.25) is 0 Å². The Kier molecular flexibility index (Phi) is 5.83. The molecule has 2 saturated heterocycles. The summed E-state index contributed by atoms with van der Waals surface area (Å²) >= 11 is 0. The molecule has 2 aromatic heterocycles. The second-order valence-electron chi connectivity index (χ2n) is 7.71. The smallest absolute Gasteiger partial charge is 0.289 e. The van der Waals surface area contributed by atoms with Crippen molar-refractivity contribution in [2.75, 3.05) is 37.6 Å². The standard InChI is InChI=1S/C22H28N4O3/c1-2-17-6-3-4-10-26(17)18-8-9-19(23-16-18)21(27)24-11-13-25(14-12-24)22(28)20-7-5-15-29-20/h5,7-9,15-17H,2-4,6,10-14H2,1H3. The average molecular weight is 396 g/mol. The SMILES string of the molecule is CCC1CCCCN1c1ccc(C(=O)N2CCN(C(=O)c3ccco3)CC2)nc1. The number of hydrogen-bond donors (Lipinski definition) is 0. The van der Waals surface area contributed by atoms with Crippen molar-refractivity contribution in [3.05, 3.63) is 48.2 Å². The van der Waals surface area contributed by atoms with E-state index in [-0.39, 0.29) is 11.8 Å². The average Bonchev–Trinajstić information content (AvgIpc) is 3.33. The molecule has 4 heterocycles. The molecule has 7 heteroatoms. The van der Waals surface area contributed by atoms with Crippen LogP contribution in [0.5, 0.6) is 0 Å². The van der Waals surface area contributed by atoms with E-state index in [0.717, 1.165) is 18.7 Å². The zero-order valence-electron chi connectivity index (χ0n) is 16.9. The van der Waals surface area contributed by atoms with Crippen LogP contribution in [0, 0.1) is 0 Å². The molecule has 1 unspecified atom stereocenters. The van der Waals surface area contributed by atoms with Crippen molar-refractivity contribution >= 4 is 17.5 Å². The molecule has 4 rings (SSSR count). The lowest BCUT2D eigenvalue weighted by Gasteiger charge is -2.37. The van der Waals surface area contributed by atoms with E-state index in [2.05, 4.69) is 16.8 Å². The summed E-state index contributed by atoms with van der Waals surface area (Å²) < 4.78 is 5.18. The summed E-state index contributed by atoms with van der Waals surface area (Å²) in [4.78, 5) is 35.6. The molecule has 0 bridgehead atoms. The molecular formula is C22H28N4O3. The number of rotatable bonds is 4. The summed E-state index contributed by atoms with van der Waals surface area (Å²) in [5.74, 6) is 0.133. The van der Waals surface area contributed by atoms with E-state index < -0.39 is 0 Å². The maximum atomic E-state index is 12.8. The highest BCUT2D eigenvalue weighted by molar-refractivity contribution is 5.93. The highest BCUT2D eigenvalue weighted by Gasteiger charge is 2.27. The first kappa shape index (κ1) is 19.5. The molecule has 0 aliphatic carbocycles. The summed E-state index contributed by atoms with van der Waals surface area (Å²) in [6.45, 7) is 5.27. The molecule has 2 aliphatic heterocycles. The first-order chi connectivity index (χ1) is 14.2. The number of anilines is 1. The van der Waals surface area contributed by atoms with Gasteiger partial charge < -0.3 is 19.1 Å². The quantitative estimate of drug-likeness (QED) is 0.794. The van der Waals surface area contributed by atoms with E-state index in [0.29, 0.717) is 43.7 Å². The first-order valence-corrected chi connectivity index (χ1v) is 10.5. The third-order valence-corrected chi connectivity index (χ3v) is 5.98. The minimum Gasteiger partial charge on any atom is -0.459 e. The van der Waals surface area contributed by atoms with Crippen LogP contribution in [0.15, 0.2) is 41.1 Å². The predicted octanol–water partition coefficient (Wildman–Crippen LogP) is 3.04. The monoisotopic (exact) mass is 396 g/mol. The maximum Gasteiger partial charge on any atom is 0.289 e. The lowest BCUT2D eigenvalue weighted by Crippen LogP contribution is -2.50. The fourth-order valence-corrected chi connectivity index (χ4v) is 4.28. The second-order valence-corrected chi connectivity index (χ2v) is 7.71. The fourth-order valence-electron chi connectivity index (χ4n) is 4.28. The van der Waals surface area contributed by atoms with Gasteiger partial charge in [0.15, 0.2) is 5.76 Å². The maximum absolute atomic E-state index is 12.8. The van der Waals surface area contributed by atoms with Gasteiger partial charge in [-0.15, -0.1) is 0 Å². The van der Waals surface area contributed by atoms with Gasteiger partial charge in [-0.25, -0.2) is 4.98 Å². The molecule has 0 saturated carbocycles. The molecule has 2 aliphatic rings. The molecule has 1 atom stereocenters. The van der Waals surface area contributed by atoms with E-state index >= 15 is 0 Å². The van der Waals surface area contributed by atoms with Crippen LogP contribution in [0.4, 0.5) is 5.69 Å². The molecule has 7 nitrogen and oxygen atoms in total. The van der Waals surface area contributed by atoms with Crippen molar-refractivity contribution < 1.29 is 14.0 Å². The van der Waals surface area contributed by atoms with Gasteiger partial charge in [-0.05, 0) is 49.9 Å². The number of carbonyl (C=O) groups excluding carboxylic acids is 2. The van der Waals surface area contributed by atoms with Crippen LogP contribution in [0.3, 0.4) is 0 Å². The number of hydrogen-bond acceptors (Lipinski definition) is 5. The molecule has 2 fully saturated rings. The Labute approximate surface area is 171 Å². The first-order valence-electron chi connectivity index (χ1n) is 10.5. The number of aromatic nitrogens is 1. The number of amides is 2. The number of pyridine rings is 1. The minimum atomic E-state index is -0.128. The van der Waals surface area contributed by atoms with Crippen molar-refractivity contribution in [3.63, 3.8) is 0 Å². The van der Waals surface area contributed by atoms with Gasteiger partial charge in [-0.1, -0.05) is 6.92 Å². The van der Waals surface area contributed by atoms with Gasteiger partial charge in [0.1, 0.15) is 5.69 Å². The van der Waals surface area contributed by atoms with E-state index in [1.165, 1.54) is 25.5 Å². The third kappa shape index (κ3) is 4.13. The van der Waals surface area contributed by atoms with Crippen LogP contribution in [0.25, 0.3) is 0 Å². The predicted molar refractivity (Wildman–Crippen MR) is 110 cm³/mol. The summed E-state index contributed by atoms with van der Waals surface area (Å²) in [6, 6.07) is 7.78. The van der Waals surface area contributed by atoms with Crippen molar-refractivity contribution in [1.82, 2.24) is 14.8 Å². The van der Waals surface area contributed by atoms with Crippen LogP contribution in [0.1, 0.15) is 53.7 Å². The topological polar surface area (TPSA) is 69.9 Å². The van der Waals surface area contributed by atoms with Gasteiger partial charge in [-0.2, -0.15) is 0 Å². The molecule has 0 radical (unpaired) electrons. The van der Waals surface area contributed by atoms with Crippen molar-refractivity contribution in [2.45, 2.75) is 38.6 Å². The summed E-state index contributed by atoms with van der Waals surface area (Å²) in [5, 5.41) is 0. The number of piperidine rings is 1. The van der Waals surface area contributed by atoms with Crippen LogP contribution >= 0.6 is 0 Å². The zero-order valence-corrected chi connectivity index (χ0v) is 16.9. The molecular weight excluding hydrogens is 368 g/mol. The Balaban J connectivity index is 1.36. The van der Waals surface area contributed by atoms with Crippen molar-refractivity contribution in [2.24, 2.45) is 0 Å². The van der Waals surface area contributed by atoms with Crippen molar-refractivity contribution in [3.8, 4) is 0 Å². The summed E-state index contributed by atoms with van der Waals surface area (Å²) in [5.41, 5.74) is 1.56. The Bertz CT molecular complexity index is 826. The minimum absolute atomic E-state index is 0.0765. The van der Waals surface area contributed by atoms with Gasteiger partial charge in [0.25, 0.3) is 11.8 Å². The fraction of sp³-hybridized carbons (Fsp3) is 0.500. The van der Waals surface area contributed by atoms with E-state index in [1.807, 2.05) is 18.3 Å². The molecule has 0 N–H and O–H groups in total. The molecule has 0 aromatic carbocycles. The Morgan fingerprint density at radius 1 is 1.03 bits per heavy atom. The summed E-state index contributed by atoms with van der Waals surface area (Å²) in [6.07, 6.45) is 8.16. The highest BCUT2D eigenvalue weighted by atomic mass is 16.3. The van der Waals surface area contributed by atoms with E-state index in [9.17, 15) is 9.59 Å². The molecule has 0 spiro atoms. The van der Waals surface area contributed by atoms with Crippen LogP contribution in [-0.4, -0.2) is 65.4 Å². The second kappa shape index (κ2) is 8.68. The Morgan fingerprint density at radius 2 is 1.79 bits per heavy atom. The van der Waals surface area contributed by atoms with Gasteiger partial charge >= 0.3 is 0 Å². The van der Waals surface area contributed by atoms with Gasteiger partial charge in [0, 0.05) is 38.8 Å². The van der Waals surface area contributed by atoms with Crippen molar-refractivity contribution in [1.29, 1.82) is 0 Å². The molecule has 154 valence electrons. The number of piperazine rings is 1. The molecule has 2 aromatic rings. The summed E-state index contributed by atoms with van der Waals surface area (Å²) in [7, 11) is 0. The van der Waals surface area contributed by atoms with Gasteiger partial charge in [-0.3, -0.25) is 9.59 Å². The highest BCUT2D eigenvalue weighted by Crippen LogP contribution is 2.26. The lowest BCUT2D eigenvalue weighted by molar-refractivity contribution is 0.0515. The van der Waals surface area contributed by atoms with Gasteiger partial charge in [0.05, 0.1) is 18.1 Å². The van der Waals surface area contributed by atoms with E-state index in [4.69, 9.17) is 4.42 Å². The number of nitrogens with zero attached hydrogens (tertiary/aromatic N) is 4. The zero-order chi connectivity index (χ0) is 20.2. The van der Waals surface area contributed by atoms with Crippen LogP contribution < -0.4 is 4.90 Å². The largest absolute Gasteiger partial charge is 0.459 e. The Hall–Kier alpha value is -2.83. The third-order valence-electron chi connectivity index (χ3n) is 5.98. The molecule has 2 amide bonds. The molecule has 29 heavy (non-hydrogen) atoms. The number of carbonyl (C=O) groups is 2. The van der Waals surface area contributed by atoms with Crippen LogP contribution in [-0.2, 0) is 0 Å². The van der Waals surface area contributed by atoms with Crippen LogP contribution in [0.2, 0.25) is 0 Å². The normalized spacial score (nSPS) is 20.0. The Morgan fingerprint density at radius 3 is 2.41 bits per heavy atom. The lowest BCUT2D eigenvalue weighted by atomic mass is 9.99. The number of furan rings is 1.